The van der Waals surface area contributed by atoms with Crippen molar-refractivity contribution in [3.63, 3.8) is 0 Å². The van der Waals surface area contributed by atoms with Gasteiger partial charge in [0.05, 0.1) is 4.92 Å². The van der Waals surface area contributed by atoms with Crippen molar-refractivity contribution < 1.29 is 14.5 Å². The summed E-state index contributed by atoms with van der Waals surface area (Å²) in [5, 5.41) is 14.2. The highest BCUT2D eigenvalue weighted by Gasteiger charge is 2.20. The van der Waals surface area contributed by atoms with Crippen molar-refractivity contribution in [2.24, 2.45) is 0 Å². The van der Waals surface area contributed by atoms with E-state index in [-0.39, 0.29) is 11.4 Å². The number of hydrogen-bond acceptors (Lipinski definition) is 4. The smallest absolute Gasteiger partial charge is 0.293 e. The van der Waals surface area contributed by atoms with Gasteiger partial charge in [0.1, 0.15) is 11.4 Å². The van der Waals surface area contributed by atoms with Crippen molar-refractivity contribution >= 4 is 28.9 Å². The molecule has 6 nitrogen and oxygen atoms in total. The molecule has 2 rings (SSSR count). The normalized spacial score (nSPS) is 11.7. The molecular formula is C17H17ClN2O4. The molecule has 0 saturated heterocycles. The van der Waals surface area contributed by atoms with Crippen LogP contribution in [0.1, 0.15) is 18.1 Å². The summed E-state index contributed by atoms with van der Waals surface area (Å²) in [7, 11) is 0. The fraction of sp³-hybridized carbons (Fsp3) is 0.235. The van der Waals surface area contributed by atoms with Crippen LogP contribution in [0, 0.1) is 24.0 Å². The Morgan fingerprint density at radius 3 is 2.58 bits per heavy atom. The van der Waals surface area contributed by atoms with Crippen molar-refractivity contribution in [2.75, 3.05) is 5.32 Å². The van der Waals surface area contributed by atoms with Gasteiger partial charge in [-0.15, -0.1) is 0 Å². The van der Waals surface area contributed by atoms with Gasteiger partial charge in [-0.25, -0.2) is 0 Å². The fourth-order valence-electron chi connectivity index (χ4n) is 2.08. The van der Waals surface area contributed by atoms with Crippen molar-refractivity contribution in [1.82, 2.24) is 0 Å². The lowest BCUT2D eigenvalue weighted by atomic mass is 10.2. The lowest BCUT2D eigenvalue weighted by Crippen LogP contribution is -2.30. The summed E-state index contributed by atoms with van der Waals surface area (Å²) in [5.41, 5.74) is 1.55. The molecule has 24 heavy (non-hydrogen) atoms. The average molecular weight is 349 g/mol. The molecule has 0 aliphatic rings. The zero-order valence-corrected chi connectivity index (χ0v) is 14.3. The second kappa shape index (κ2) is 7.31. The van der Waals surface area contributed by atoms with Crippen molar-refractivity contribution in [1.29, 1.82) is 0 Å². The SMILES string of the molecule is Cc1ccc(NC(=O)C(C)Oc2ccc(Cl)c(C)c2)c([N+](=O)[O-])c1. The molecule has 0 bridgehead atoms. The van der Waals surface area contributed by atoms with E-state index in [0.717, 1.165) is 11.1 Å². The zero-order valence-electron chi connectivity index (χ0n) is 13.5. The molecule has 7 heteroatoms. The summed E-state index contributed by atoms with van der Waals surface area (Å²) in [6, 6.07) is 9.67. The van der Waals surface area contributed by atoms with Crippen LogP contribution in [0.5, 0.6) is 5.75 Å². The van der Waals surface area contributed by atoms with Crippen LogP contribution in [-0.4, -0.2) is 16.9 Å². The number of carbonyl (C=O) groups excluding carboxylic acids is 1. The molecule has 0 radical (unpaired) electrons. The molecule has 0 aromatic heterocycles. The van der Waals surface area contributed by atoms with E-state index in [0.29, 0.717) is 10.8 Å². The Morgan fingerprint density at radius 2 is 1.96 bits per heavy atom. The van der Waals surface area contributed by atoms with Crippen LogP contribution in [0.2, 0.25) is 5.02 Å². The number of hydrogen-bond donors (Lipinski definition) is 1. The number of rotatable bonds is 5. The van der Waals surface area contributed by atoms with E-state index in [2.05, 4.69) is 5.32 Å². The maximum atomic E-state index is 12.2. The first-order valence-electron chi connectivity index (χ1n) is 7.26. The van der Waals surface area contributed by atoms with Gasteiger partial charge in [0.2, 0.25) is 0 Å². The predicted molar refractivity (Wildman–Crippen MR) is 92.7 cm³/mol. The number of halogens is 1. The first-order valence-corrected chi connectivity index (χ1v) is 7.64. The van der Waals surface area contributed by atoms with Crippen molar-refractivity contribution in [2.45, 2.75) is 26.9 Å². The van der Waals surface area contributed by atoms with E-state index in [4.69, 9.17) is 16.3 Å². The van der Waals surface area contributed by atoms with Gasteiger partial charge in [0.25, 0.3) is 11.6 Å². The van der Waals surface area contributed by atoms with Gasteiger partial charge in [-0.3, -0.25) is 14.9 Å². The van der Waals surface area contributed by atoms with E-state index >= 15 is 0 Å². The number of aryl methyl sites for hydroxylation is 2. The van der Waals surface area contributed by atoms with Gasteiger partial charge in [-0.2, -0.15) is 0 Å². The third-order valence-corrected chi connectivity index (χ3v) is 3.84. The minimum Gasteiger partial charge on any atom is -0.481 e. The molecule has 0 spiro atoms. The van der Waals surface area contributed by atoms with Crippen LogP contribution in [-0.2, 0) is 4.79 Å². The van der Waals surface area contributed by atoms with Gasteiger partial charge in [0.15, 0.2) is 6.10 Å². The highest BCUT2D eigenvalue weighted by Crippen LogP contribution is 2.26. The lowest BCUT2D eigenvalue weighted by Gasteiger charge is -2.15. The van der Waals surface area contributed by atoms with Crippen LogP contribution < -0.4 is 10.1 Å². The third kappa shape index (κ3) is 4.23. The quantitative estimate of drug-likeness (QED) is 0.646. The first-order chi connectivity index (χ1) is 11.3. The molecule has 1 unspecified atom stereocenters. The monoisotopic (exact) mass is 348 g/mol. The van der Waals surface area contributed by atoms with E-state index in [1.807, 2.05) is 6.92 Å². The van der Waals surface area contributed by atoms with Crippen LogP contribution in [0.4, 0.5) is 11.4 Å². The van der Waals surface area contributed by atoms with Gasteiger partial charge in [-0.05, 0) is 56.2 Å². The van der Waals surface area contributed by atoms with Gasteiger partial charge < -0.3 is 10.1 Å². The molecular weight excluding hydrogens is 332 g/mol. The van der Waals surface area contributed by atoms with Crippen LogP contribution in [0.3, 0.4) is 0 Å². The zero-order chi connectivity index (χ0) is 17.9. The van der Waals surface area contributed by atoms with Gasteiger partial charge >= 0.3 is 0 Å². The molecule has 0 saturated carbocycles. The maximum Gasteiger partial charge on any atom is 0.293 e. The molecule has 2 aromatic carbocycles. The second-order valence-corrected chi connectivity index (χ2v) is 5.85. The number of anilines is 1. The van der Waals surface area contributed by atoms with Crippen LogP contribution in [0.15, 0.2) is 36.4 Å². The Balaban J connectivity index is 2.11. The predicted octanol–water partition coefficient (Wildman–Crippen LogP) is 4.27. The number of carbonyl (C=O) groups is 1. The molecule has 0 fully saturated rings. The summed E-state index contributed by atoms with van der Waals surface area (Å²) in [5.74, 6) is 0.0208. The minimum atomic E-state index is -0.827. The molecule has 0 aliphatic carbocycles. The highest BCUT2D eigenvalue weighted by atomic mass is 35.5. The van der Waals surface area contributed by atoms with E-state index in [9.17, 15) is 14.9 Å². The summed E-state index contributed by atoms with van der Waals surface area (Å²) in [6.45, 7) is 5.14. The Hall–Kier alpha value is -2.60. The van der Waals surface area contributed by atoms with E-state index < -0.39 is 16.9 Å². The Kier molecular flexibility index (Phi) is 5.41. The standard InChI is InChI=1S/C17H17ClN2O4/c1-10-4-7-15(16(8-10)20(22)23)19-17(21)12(3)24-13-5-6-14(18)11(2)9-13/h4-9,12H,1-3H3,(H,19,21). The second-order valence-electron chi connectivity index (χ2n) is 5.44. The minimum absolute atomic E-state index is 0.137. The van der Waals surface area contributed by atoms with Crippen molar-refractivity contribution in [3.05, 3.63) is 62.7 Å². The molecule has 0 heterocycles. The number of amides is 1. The molecule has 1 amide bonds. The van der Waals surface area contributed by atoms with Gasteiger partial charge in [-0.1, -0.05) is 17.7 Å². The maximum absolute atomic E-state index is 12.2. The number of nitro groups is 1. The molecule has 2 aromatic rings. The first kappa shape index (κ1) is 17.7. The molecule has 1 N–H and O–H groups in total. The highest BCUT2D eigenvalue weighted by molar-refractivity contribution is 6.31. The molecule has 1 atom stereocenters. The number of nitro benzene ring substituents is 1. The lowest BCUT2D eigenvalue weighted by molar-refractivity contribution is -0.384. The Morgan fingerprint density at radius 1 is 1.25 bits per heavy atom. The molecule has 0 aliphatic heterocycles. The number of nitrogens with zero attached hydrogens (tertiary/aromatic N) is 1. The summed E-state index contributed by atoms with van der Waals surface area (Å²) < 4.78 is 5.57. The van der Waals surface area contributed by atoms with E-state index in [1.165, 1.54) is 12.1 Å². The van der Waals surface area contributed by atoms with Gasteiger partial charge in [0, 0.05) is 11.1 Å². The Bertz CT molecular complexity index is 792. The molecule has 126 valence electrons. The number of ether oxygens (including phenoxy) is 1. The largest absolute Gasteiger partial charge is 0.481 e. The fourth-order valence-corrected chi connectivity index (χ4v) is 2.20. The summed E-state index contributed by atoms with van der Waals surface area (Å²) >= 11 is 5.95. The van der Waals surface area contributed by atoms with Crippen LogP contribution in [0.25, 0.3) is 0 Å². The average Bonchev–Trinajstić information content (AvgIpc) is 2.52. The topological polar surface area (TPSA) is 81.5 Å². The third-order valence-electron chi connectivity index (χ3n) is 3.42. The summed E-state index contributed by atoms with van der Waals surface area (Å²) in [4.78, 5) is 22.8. The van der Waals surface area contributed by atoms with Crippen LogP contribution >= 0.6 is 11.6 Å². The Labute approximate surface area is 144 Å². The summed E-state index contributed by atoms with van der Waals surface area (Å²) in [6.07, 6.45) is -0.827. The van der Waals surface area contributed by atoms with Crippen molar-refractivity contribution in [3.8, 4) is 5.75 Å². The number of benzene rings is 2. The number of nitrogens with one attached hydrogen (secondary N) is 1. The van der Waals surface area contributed by atoms with E-state index in [1.54, 1.807) is 38.1 Å².